The van der Waals surface area contributed by atoms with Crippen LogP contribution in [-0.2, 0) is 0 Å². The number of benzene rings is 1. The molecule has 3 heteroatoms. The maximum absolute atomic E-state index is 13.3. The Kier molecular flexibility index (Phi) is 4.91. The average molecular weight is 281 g/mol. The maximum Gasteiger partial charge on any atom is 0.123 e. The van der Waals surface area contributed by atoms with Crippen molar-refractivity contribution in [2.45, 2.75) is 50.8 Å². The van der Waals surface area contributed by atoms with Gasteiger partial charge in [-0.3, -0.25) is 0 Å². The van der Waals surface area contributed by atoms with Gasteiger partial charge in [0.1, 0.15) is 5.82 Å². The van der Waals surface area contributed by atoms with Gasteiger partial charge in [-0.1, -0.05) is 13.0 Å². The third kappa shape index (κ3) is 3.32. The van der Waals surface area contributed by atoms with Gasteiger partial charge < -0.3 is 5.32 Å². The second-order valence-electron chi connectivity index (χ2n) is 5.65. The smallest absolute Gasteiger partial charge is 0.123 e. The molecule has 19 heavy (non-hydrogen) atoms. The number of hydrogen-bond acceptors (Lipinski definition) is 2. The molecule has 1 nitrogen and oxygen atoms in total. The zero-order chi connectivity index (χ0) is 13.9. The molecule has 0 spiro atoms. The van der Waals surface area contributed by atoms with Gasteiger partial charge in [-0.2, -0.15) is 11.8 Å². The van der Waals surface area contributed by atoms with Gasteiger partial charge in [-0.15, -0.1) is 0 Å². The lowest BCUT2D eigenvalue weighted by molar-refractivity contribution is 0.411. The molecule has 0 aliphatic carbocycles. The van der Waals surface area contributed by atoms with E-state index in [1.165, 1.54) is 24.2 Å². The van der Waals surface area contributed by atoms with Crippen molar-refractivity contribution < 1.29 is 4.39 Å². The van der Waals surface area contributed by atoms with Crippen LogP contribution in [0.4, 0.5) is 4.39 Å². The third-order valence-corrected chi connectivity index (χ3v) is 5.59. The van der Waals surface area contributed by atoms with Gasteiger partial charge in [0.25, 0.3) is 0 Å². The van der Waals surface area contributed by atoms with Gasteiger partial charge >= 0.3 is 0 Å². The van der Waals surface area contributed by atoms with Crippen molar-refractivity contribution in [1.29, 1.82) is 0 Å². The topological polar surface area (TPSA) is 12.0 Å². The monoisotopic (exact) mass is 281 g/mol. The van der Waals surface area contributed by atoms with Gasteiger partial charge in [-0.25, -0.2) is 4.39 Å². The lowest BCUT2D eigenvalue weighted by atomic mass is 9.88. The van der Waals surface area contributed by atoms with Crippen LogP contribution >= 0.6 is 11.8 Å². The van der Waals surface area contributed by atoms with E-state index in [0.29, 0.717) is 6.04 Å². The number of halogens is 1. The summed E-state index contributed by atoms with van der Waals surface area (Å²) >= 11 is 2.05. The third-order valence-electron chi connectivity index (χ3n) is 4.00. The van der Waals surface area contributed by atoms with E-state index in [1.807, 2.05) is 13.0 Å². The van der Waals surface area contributed by atoms with E-state index in [4.69, 9.17) is 0 Å². The summed E-state index contributed by atoms with van der Waals surface area (Å²) in [4.78, 5) is 0. The summed E-state index contributed by atoms with van der Waals surface area (Å²) < 4.78 is 13.5. The van der Waals surface area contributed by atoms with Gasteiger partial charge in [-0.05, 0) is 68.7 Å². The molecule has 0 saturated carbocycles. The molecule has 1 saturated heterocycles. The van der Waals surface area contributed by atoms with E-state index in [-0.39, 0.29) is 10.6 Å². The summed E-state index contributed by atoms with van der Waals surface area (Å²) in [5.74, 6) is 1.10. The molecule has 0 aromatic heterocycles. The molecule has 0 amide bonds. The van der Waals surface area contributed by atoms with Crippen LogP contribution in [0.25, 0.3) is 0 Å². The number of hydrogen-bond donors (Lipinski definition) is 1. The maximum atomic E-state index is 13.3. The minimum Gasteiger partial charge on any atom is -0.309 e. The highest BCUT2D eigenvalue weighted by molar-refractivity contribution is 8.00. The van der Waals surface area contributed by atoms with Gasteiger partial charge in [0.15, 0.2) is 0 Å². The fourth-order valence-corrected chi connectivity index (χ4v) is 4.36. The highest BCUT2D eigenvalue weighted by Gasteiger charge is 2.38. The summed E-state index contributed by atoms with van der Waals surface area (Å²) in [5.41, 5.74) is 2.31. The lowest BCUT2D eigenvalue weighted by Gasteiger charge is -2.35. The molecule has 1 aliphatic rings. The summed E-state index contributed by atoms with van der Waals surface area (Å²) in [5, 5.41) is 3.69. The first-order valence-corrected chi connectivity index (χ1v) is 8.19. The summed E-state index contributed by atoms with van der Waals surface area (Å²) in [6.45, 7) is 7.56. The molecule has 0 radical (unpaired) electrons. The SMILES string of the molecule is CCCNC(c1ccc(F)cc1C)C1(C)CCCS1. The molecular formula is C16H24FNS. The predicted octanol–water partition coefficient (Wildman–Crippen LogP) is 4.46. The first kappa shape index (κ1) is 14.9. The van der Waals surface area contributed by atoms with Crippen LogP contribution in [0.3, 0.4) is 0 Å². The van der Waals surface area contributed by atoms with Crippen LogP contribution in [0.2, 0.25) is 0 Å². The average Bonchev–Trinajstić information content (AvgIpc) is 2.80. The highest BCUT2D eigenvalue weighted by Crippen LogP contribution is 2.47. The summed E-state index contributed by atoms with van der Waals surface area (Å²) in [6, 6.07) is 5.52. The van der Waals surface area contributed by atoms with Crippen molar-refractivity contribution in [3.63, 3.8) is 0 Å². The molecule has 1 N–H and O–H groups in total. The van der Waals surface area contributed by atoms with E-state index in [0.717, 1.165) is 18.5 Å². The Hall–Kier alpha value is -0.540. The van der Waals surface area contributed by atoms with E-state index in [2.05, 4.69) is 30.9 Å². The van der Waals surface area contributed by atoms with Crippen molar-refractivity contribution in [1.82, 2.24) is 5.32 Å². The van der Waals surface area contributed by atoms with Crippen molar-refractivity contribution in [3.8, 4) is 0 Å². The van der Waals surface area contributed by atoms with Crippen molar-refractivity contribution >= 4 is 11.8 Å². The molecule has 2 rings (SSSR count). The van der Waals surface area contributed by atoms with Crippen molar-refractivity contribution in [2.75, 3.05) is 12.3 Å². The van der Waals surface area contributed by atoms with Gasteiger partial charge in [0.05, 0.1) is 0 Å². The standard InChI is InChI=1S/C16H24FNS/c1-4-9-18-15(16(3)8-5-10-19-16)14-7-6-13(17)11-12(14)2/h6-7,11,15,18H,4-5,8-10H2,1-3H3. The second-order valence-corrected chi connectivity index (χ2v) is 7.28. The van der Waals surface area contributed by atoms with Crippen LogP contribution in [0.5, 0.6) is 0 Å². The van der Waals surface area contributed by atoms with Gasteiger partial charge in [0.2, 0.25) is 0 Å². The molecule has 2 unspecified atom stereocenters. The molecule has 1 aliphatic heterocycles. The number of aryl methyl sites for hydroxylation is 1. The van der Waals surface area contributed by atoms with Crippen LogP contribution in [0.15, 0.2) is 18.2 Å². The Balaban J connectivity index is 2.31. The molecule has 106 valence electrons. The predicted molar refractivity (Wildman–Crippen MR) is 82.3 cm³/mol. The van der Waals surface area contributed by atoms with Crippen LogP contribution in [0, 0.1) is 12.7 Å². The van der Waals surface area contributed by atoms with Gasteiger partial charge in [0, 0.05) is 10.8 Å². The van der Waals surface area contributed by atoms with Crippen molar-refractivity contribution in [3.05, 3.63) is 35.1 Å². The number of nitrogens with one attached hydrogen (secondary N) is 1. The second kappa shape index (κ2) is 6.27. The Morgan fingerprint density at radius 2 is 2.26 bits per heavy atom. The molecule has 1 fully saturated rings. The molecule has 1 aromatic rings. The van der Waals surface area contributed by atoms with E-state index in [9.17, 15) is 4.39 Å². The number of rotatable bonds is 5. The Morgan fingerprint density at radius 3 is 2.84 bits per heavy atom. The van der Waals surface area contributed by atoms with Crippen LogP contribution < -0.4 is 5.32 Å². The van der Waals surface area contributed by atoms with E-state index < -0.39 is 0 Å². The molecule has 1 aromatic carbocycles. The Morgan fingerprint density at radius 1 is 1.47 bits per heavy atom. The van der Waals surface area contributed by atoms with E-state index in [1.54, 1.807) is 12.1 Å². The molecular weight excluding hydrogens is 257 g/mol. The quantitative estimate of drug-likeness (QED) is 0.855. The molecule has 2 atom stereocenters. The first-order valence-electron chi connectivity index (χ1n) is 7.20. The lowest BCUT2D eigenvalue weighted by Crippen LogP contribution is -2.38. The summed E-state index contributed by atoms with van der Waals surface area (Å²) in [6.07, 6.45) is 3.64. The minimum absolute atomic E-state index is 0.139. The zero-order valence-electron chi connectivity index (χ0n) is 12.1. The van der Waals surface area contributed by atoms with E-state index >= 15 is 0 Å². The molecule has 0 bridgehead atoms. The Bertz CT molecular complexity index is 427. The number of thioether (sulfide) groups is 1. The fraction of sp³-hybridized carbons (Fsp3) is 0.625. The minimum atomic E-state index is -0.139. The fourth-order valence-electron chi connectivity index (χ4n) is 2.93. The zero-order valence-corrected chi connectivity index (χ0v) is 12.9. The van der Waals surface area contributed by atoms with Crippen LogP contribution in [0.1, 0.15) is 50.3 Å². The van der Waals surface area contributed by atoms with Crippen molar-refractivity contribution in [2.24, 2.45) is 0 Å². The normalized spacial score (nSPS) is 24.6. The molecule has 1 heterocycles. The summed E-state index contributed by atoms with van der Waals surface area (Å²) in [7, 11) is 0. The Labute approximate surface area is 120 Å². The highest BCUT2D eigenvalue weighted by atomic mass is 32.2. The first-order chi connectivity index (χ1) is 9.07. The largest absolute Gasteiger partial charge is 0.309 e. The van der Waals surface area contributed by atoms with Crippen LogP contribution in [-0.4, -0.2) is 17.0 Å².